The molecule has 0 atom stereocenters. The van der Waals surface area contributed by atoms with Gasteiger partial charge in [0.15, 0.2) is 0 Å². The van der Waals surface area contributed by atoms with Crippen LogP contribution in [0.3, 0.4) is 0 Å². The van der Waals surface area contributed by atoms with Crippen molar-refractivity contribution in [3.05, 3.63) is 29.1 Å². The van der Waals surface area contributed by atoms with Crippen molar-refractivity contribution in [2.45, 2.75) is 20.0 Å². The minimum Gasteiger partial charge on any atom is -0.470 e. The molecule has 1 aromatic rings. The lowest BCUT2D eigenvalue weighted by Crippen LogP contribution is -2.11. The van der Waals surface area contributed by atoms with Crippen LogP contribution in [0, 0.1) is 10.1 Å². The van der Waals surface area contributed by atoms with Crippen LogP contribution < -0.4 is 10.1 Å². The molecule has 0 aliphatic heterocycles. The number of hydrogen-bond acceptors (Lipinski definition) is 6. The zero-order valence-electron chi connectivity index (χ0n) is 9.71. The molecule has 0 aliphatic rings. The molecule has 0 saturated heterocycles. The molecule has 0 spiro atoms. The van der Waals surface area contributed by atoms with Gasteiger partial charge in [0.25, 0.3) is 5.88 Å². The topological polar surface area (TPSA) is 90.2 Å². The van der Waals surface area contributed by atoms with Crippen LogP contribution >= 0.6 is 0 Å². The maximum Gasteiger partial charge on any atom is 0.372 e. The first-order valence-electron chi connectivity index (χ1n) is 5.07. The molecule has 1 heterocycles. The van der Waals surface area contributed by atoms with Crippen molar-refractivity contribution in [2.24, 2.45) is 0 Å². The molecule has 0 bridgehead atoms. The molecule has 0 aromatic carbocycles. The van der Waals surface area contributed by atoms with E-state index < -0.39 is 4.92 Å². The van der Waals surface area contributed by atoms with Gasteiger partial charge in [0.1, 0.15) is 6.33 Å². The van der Waals surface area contributed by atoms with E-state index in [0.717, 1.165) is 0 Å². The zero-order valence-corrected chi connectivity index (χ0v) is 9.71. The summed E-state index contributed by atoms with van der Waals surface area (Å²) in [5.41, 5.74) is -0.261. The first-order valence-corrected chi connectivity index (χ1v) is 5.07. The third-order valence-corrected chi connectivity index (χ3v) is 1.73. The predicted molar refractivity (Wildman–Crippen MR) is 63.1 cm³/mol. The van der Waals surface area contributed by atoms with Crippen LogP contribution in [0.1, 0.15) is 13.8 Å². The van der Waals surface area contributed by atoms with E-state index in [1.807, 2.05) is 0 Å². The number of hydrogen-bond donors (Lipinski definition) is 1. The van der Waals surface area contributed by atoms with Gasteiger partial charge in [-0.2, -0.15) is 4.98 Å². The Balaban J connectivity index is 3.12. The number of rotatable bonds is 6. The highest BCUT2D eigenvalue weighted by Crippen LogP contribution is 2.31. The summed E-state index contributed by atoms with van der Waals surface area (Å²) in [7, 11) is 0. The van der Waals surface area contributed by atoms with Crippen LogP contribution in [0.5, 0.6) is 5.88 Å². The van der Waals surface area contributed by atoms with E-state index in [2.05, 4.69) is 21.9 Å². The van der Waals surface area contributed by atoms with Crippen molar-refractivity contribution >= 4 is 11.5 Å². The third-order valence-electron chi connectivity index (χ3n) is 1.73. The van der Waals surface area contributed by atoms with Gasteiger partial charge < -0.3 is 10.1 Å². The second kappa shape index (κ2) is 5.78. The normalized spacial score (nSPS) is 10.1. The fraction of sp³-hybridized carbons (Fsp3) is 0.400. The molecule has 92 valence electrons. The Morgan fingerprint density at radius 1 is 1.65 bits per heavy atom. The summed E-state index contributed by atoms with van der Waals surface area (Å²) in [6.45, 7) is 7.42. The Kier molecular flexibility index (Phi) is 4.38. The lowest BCUT2D eigenvalue weighted by atomic mass is 10.4. The van der Waals surface area contributed by atoms with Crippen molar-refractivity contribution < 1.29 is 9.66 Å². The van der Waals surface area contributed by atoms with Gasteiger partial charge in [-0.25, -0.2) is 4.98 Å². The fourth-order valence-electron chi connectivity index (χ4n) is 1.13. The van der Waals surface area contributed by atoms with Crippen molar-refractivity contribution in [3.63, 3.8) is 0 Å². The first-order chi connectivity index (χ1) is 8.06. The van der Waals surface area contributed by atoms with Gasteiger partial charge in [-0.15, -0.1) is 6.58 Å². The quantitative estimate of drug-likeness (QED) is 0.461. The van der Waals surface area contributed by atoms with E-state index in [9.17, 15) is 10.1 Å². The van der Waals surface area contributed by atoms with E-state index in [1.54, 1.807) is 19.9 Å². The minimum atomic E-state index is -0.566. The van der Waals surface area contributed by atoms with Gasteiger partial charge in [0.05, 0.1) is 11.0 Å². The van der Waals surface area contributed by atoms with Crippen LogP contribution in [0.4, 0.5) is 11.5 Å². The van der Waals surface area contributed by atoms with E-state index in [0.29, 0.717) is 6.54 Å². The van der Waals surface area contributed by atoms with Crippen molar-refractivity contribution in [1.29, 1.82) is 0 Å². The highest BCUT2D eigenvalue weighted by atomic mass is 16.6. The van der Waals surface area contributed by atoms with Gasteiger partial charge in [0.2, 0.25) is 5.82 Å². The van der Waals surface area contributed by atoms with E-state index in [4.69, 9.17) is 4.74 Å². The maximum absolute atomic E-state index is 11.0. The lowest BCUT2D eigenvalue weighted by molar-refractivity contribution is -0.385. The molecule has 0 radical (unpaired) electrons. The summed E-state index contributed by atoms with van der Waals surface area (Å²) < 4.78 is 5.27. The molecule has 0 fully saturated rings. The predicted octanol–water partition coefficient (Wildman–Crippen LogP) is 1.77. The Labute approximate surface area is 98.7 Å². The maximum atomic E-state index is 11.0. The standard InChI is InChI=1S/C10H14N4O3/c1-4-5-11-9-8(14(15)16)10(13-6-12-9)17-7(2)3/h4,6-7H,1,5H2,2-3H3,(H,11,12,13). The second-order valence-corrected chi connectivity index (χ2v) is 3.47. The summed E-state index contributed by atoms with van der Waals surface area (Å²) in [5.74, 6) is 0.0899. The van der Waals surface area contributed by atoms with E-state index >= 15 is 0 Å². The van der Waals surface area contributed by atoms with Gasteiger partial charge in [-0.3, -0.25) is 10.1 Å². The molecule has 0 saturated carbocycles. The summed E-state index contributed by atoms with van der Waals surface area (Å²) in [4.78, 5) is 18.0. The first kappa shape index (κ1) is 12.9. The van der Waals surface area contributed by atoms with Gasteiger partial charge in [-0.1, -0.05) is 6.08 Å². The summed E-state index contributed by atoms with van der Waals surface area (Å²) in [6, 6.07) is 0. The molecule has 0 unspecified atom stereocenters. The highest BCUT2D eigenvalue weighted by molar-refractivity contribution is 5.61. The number of ether oxygens (including phenoxy) is 1. The number of aromatic nitrogens is 2. The number of anilines is 1. The third kappa shape index (κ3) is 3.40. The average Bonchev–Trinajstić information content (AvgIpc) is 2.25. The fourth-order valence-corrected chi connectivity index (χ4v) is 1.13. The van der Waals surface area contributed by atoms with Gasteiger partial charge in [-0.05, 0) is 13.8 Å². The molecule has 1 N–H and O–H groups in total. The van der Waals surface area contributed by atoms with Crippen molar-refractivity contribution in [2.75, 3.05) is 11.9 Å². The Morgan fingerprint density at radius 2 is 2.35 bits per heavy atom. The molecule has 7 heteroatoms. The molecule has 1 aromatic heterocycles. The summed E-state index contributed by atoms with van der Waals surface area (Å²) in [5, 5.41) is 13.7. The smallest absolute Gasteiger partial charge is 0.372 e. The molecule has 1 rings (SSSR count). The largest absolute Gasteiger partial charge is 0.470 e. The summed E-state index contributed by atoms with van der Waals surface area (Å²) in [6.07, 6.45) is 2.60. The Morgan fingerprint density at radius 3 is 2.88 bits per heavy atom. The molecule has 0 aliphatic carbocycles. The average molecular weight is 238 g/mol. The molecule has 17 heavy (non-hydrogen) atoms. The molecule has 0 amide bonds. The second-order valence-electron chi connectivity index (χ2n) is 3.47. The van der Waals surface area contributed by atoms with E-state index in [1.165, 1.54) is 6.33 Å². The van der Waals surface area contributed by atoms with Gasteiger partial charge in [0, 0.05) is 6.54 Å². The number of nitro groups is 1. The Hall–Kier alpha value is -2.18. The SMILES string of the molecule is C=CCNc1ncnc(OC(C)C)c1[N+](=O)[O-]. The molecular formula is C10H14N4O3. The van der Waals surface area contributed by atoms with Crippen LogP contribution in [-0.2, 0) is 0 Å². The van der Waals surface area contributed by atoms with Crippen molar-refractivity contribution in [3.8, 4) is 5.88 Å². The number of nitrogens with zero attached hydrogens (tertiary/aromatic N) is 3. The monoisotopic (exact) mass is 238 g/mol. The van der Waals surface area contributed by atoms with Crippen LogP contribution in [-0.4, -0.2) is 27.5 Å². The molecule has 7 nitrogen and oxygen atoms in total. The van der Waals surface area contributed by atoms with Crippen LogP contribution in [0.25, 0.3) is 0 Å². The summed E-state index contributed by atoms with van der Waals surface area (Å²) >= 11 is 0. The lowest BCUT2D eigenvalue weighted by Gasteiger charge is -2.10. The van der Waals surface area contributed by atoms with Gasteiger partial charge >= 0.3 is 5.69 Å². The van der Waals surface area contributed by atoms with Crippen LogP contribution in [0.2, 0.25) is 0 Å². The number of nitrogens with one attached hydrogen (secondary N) is 1. The zero-order chi connectivity index (χ0) is 12.8. The van der Waals surface area contributed by atoms with E-state index in [-0.39, 0.29) is 23.5 Å². The highest BCUT2D eigenvalue weighted by Gasteiger charge is 2.24. The Bertz CT molecular complexity index is 420. The van der Waals surface area contributed by atoms with Crippen LogP contribution in [0.15, 0.2) is 19.0 Å². The van der Waals surface area contributed by atoms with Crippen molar-refractivity contribution in [1.82, 2.24) is 9.97 Å². The minimum absolute atomic E-state index is 0.0356. The molecular weight excluding hydrogens is 224 g/mol.